The summed E-state index contributed by atoms with van der Waals surface area (Å²) in [5.41, 5.74) is 0.353. The molecule has 0 unspecified atom stereocenters. The average molecular weight is 547 g/mol. The number of rotatable bonds is 5. The normalized spacial score (nSPS) is 27.6. The summed E-state index contributed by atoms with van der Waals surface area (Å²) in [5, 5.41) is 0. The van der Waals surface area contributed by atoms with Gasteiger partial charge in [0.05, 0.1) is 11.3 Å². The third-order valence-corrected chi connectivity index (χ3v) is 11.4. The predicted molar refractivity (Wildman–Crippen MR) is 135 cm³/mol. The van der Waals surface area contributed by atoms with Gasteiger partial charge < -0.3 is 4.42 Å². The Hall–Kier alpha value is -2.72. The zero-order valence-electron chi connectivity index (χ0n) is 21.2. The molecule has 1 saturated heterocycles. The molecule has 3 aromatic rings. The van der Waals surface area contributed by atoms with Crippen LogP contribution in [0.1, 0.15) is 63.4 Å². The first-order valence-corrected chi connectivity index (χ1v) is 14.5. The first-order valence-electron chi connectivity index (χ1n) is 12.9. The quantitative estimate of drug-likeness (QED) is 0.371. The Morgan fingerprint density at radius 3 is 2.42 bits per heavy atom. The van der Waals surface area contributed by atoms with Crippen LogP contribution >= 0.6 is 0 Å². The number of carbonyl (C=O) groups is 1. The van der Waals surface area contributed by atoms with Gasteiger partial charge >= 0.3 is 6.18 Å². The van der Waals surface area contributed by atoms with Crippen molar-refractivity contribution in [2.45, 2.75) is 58.2 Å². The number of aromatic nitrogens is 1. The fourth-order valence-corrected chi connectivity index (χ4v) is 9.40. The van der Waals surface area contributed by atoms with Crippen molar-refractivity contribution in [2.75, 3.05) is 12.3 Å². The van der Waals surface area contributed by atoms with Crippen molar-refractivity contribution in [1.82, 2.24) is 9.29 Å². The highest BCUT2D eigenvalue weighted by Gasteiger charge is 2.66. The van der Waals surface area contributed by atoms with Gasteiger partial charge in [0.25, 0.3) is 0 Å². The van der Waals surface area contributed by atoms with Gasteiger partial charge in [-0.05, 0) is 72.4 Å². The number of ketones is 1. The molecule has 2 bridgehead atoms. The Kier molecular flexibility index (Phi) is 5.64. The Bertz CT molecular complexity index is 1530. The van der Waals surface area contributed by atoms with E-state index in [0.29, 0.717) is 60.3 Å². The minimum absolute atomic E-state index is 0.0655. The number of alkyl halides is 3. The number of sulfonamides is 1. The second-order valence-electron chi connectivity index (χ2n) is 11.5. The van der Waals surface area contributed by atoms with Crippen molar-refractivity contribution >= 4 is 26.9 Å². The maximum absolute atomic E-state index is 13.8. The highest BCUT2D eigenvalue weighted by Crippen LogP contribution is 2.64. The van der Waals surface area contributed by atoms with E-state index < -0.39 is 33.2 Å². The summed E-state index contributed by atoms with van der Waals surface area (Å²) in [6.45, 7) is 4.40. The largest absolute Gasteiger partial charge is 0.439 e. The van der Waals surface area contributed by atoms with Gasteiger partial charge in [0.1, 0.15) is 17.3 Å². The highest BCUT2D eigenvalue weighted by atomic mass is 32.2. The van der Waals surface area contributed by atoms with E-state index in [-0.39, 0.29) is 22.9 Å². The molecule has 2 heterocycles. The van der Waals surface area contributed by atoms with E-state index in [1.165, 1.54) is 16.4 Å². The second-order valence-corrected chi connectivity index (χ2v) is 13.4. The maximum Gasteiger partial charge on any atom is 0.416 e. The van der Waals surface area contributed by atoms with Crippen molar-refractivity contribution in [3.63, 3.8) is 0 Å². The van der Waals surface area contributed by atoms with Crippen LogP contribution in [0.25, 0.3) is 22.2 Å². The lowest BCUT2D eigenvalue weighted by atomic mass is 9.70. The van der Waals surface area contributed by atoms with Crippen LogP contribution in [0.2, 0.25) is 0 Å². The van der Waals surface area contributed by atoms with Gasteiger partial charge in [-0.2, -0.15) is 17.5 Å². The van der Waals surface area contributed by atoms with E-state index >= 15 is 0 Å². The lowest BCUT2D eigenvalue weighted by Gasteiger charge is -2.37. The number of hydrogen-bond acceptors (Lipinski definition) is 5. The third kappa shape index (κ3) is 3.82. The van der Waals surface area contributed by atoms with Gasteiger partial charge in [-0.25, -0.2) is 13.4 Å². The minimum Gasteiger partial charge on any atom is -0.439 e. The number of fused-ring (bicyclic) bond motifs is 3. The van der Waals surface area contributed by atoms with Gasteiger partial charge in [0, 0.05) is 18.4 Å². The molecule has 6 rings (SSSR count). The van der Waals surface area contributed by atoms with Crippen LogP contribution in [0, 0.1) is 16.7 Å². The van der Waals surface area contributed by atoms with Crippen molar-refractivity contribution in [3.05, 3.63) is 53.9 Å². The van der Waals surface area contributed by atoms with Gasteiger partial charge in [-0.3, -0.25) is 4.79 Å². The number of nitrogens with zero attached hydrogens (tertiary/aromatic N) is 2. The highest BCUT2D eigenvalue weighted by molar-refractivity contribution is 7.89. The molecular formula is C28H29F3N2O4S. The summed E-state index contributed by atoms with van der Waals surface area (Å²) in [6.07, 6.45) is -1.24. The molecule has 6 nitrogen and oxygen atoms in total. The molecule has 3 fully saturated rings. The van der Waals surface area contributed by atoms with Gasteiger partial charge in [0.15, 0.2) is 5.58 Å². The molecule has 0 spiro atoms. The predicted octanol–water partition coefficient (Wildman–Crippen LogP) is 6.38. The lowest BCUT2D eigenvalue weighted by Crippen LogP contribution is -2.46. The van der Waals surface area contributed by atoms with E-state index in [1.54, 1.807) is 18.2 Å². The Labute approximate surface area is 219 Å². The summed E-state index contributed by atoms with van der Waals surface area (Å²) in [6, 6.07) is 9.51. The minimum atomic E-state index is -4.41. The number of benzene rings is 2. The van der Waals surface area contributed by atoms with E-state index in [9.17, 15) is 26.4 Å². The monoisotopic (exact) mass is 546 g/mol. The summed E-state index contributed by atoms with van der Waals surface area (Å²) < 4.78 is 73.8. The smallest absolute Gasteiger partial charge is 0.416 e. The van der Waals surface area contributed by atoms with Crippen LogP contribution < -0.4 is 0 Å². The molecule has 0 N–H and O–H groups in total. The SMILES string of the molecule is CC1(C)[C@H]2CC[C@]1(CS(=O)(=O)N1CCC[C@@H]1c1nc3cc(-c4ccc(C(F)(F)F)cc4)ccc3o1)C(=O)C2. The lowest BCUT2D eigenvalue weighted by molar-refractivity contribution is -0.137. The van der Waals surface area contributed by atoms with E-state index in [2.05, 4.69) is 4.98 Å². The molecule has 3 aliphatic rings. The molecule has 2 aliphatic carbocycles. The van der Waals surface area contributed by atoms with Crippen molar-refractivity contribution in [3.8, 4) is 11.1 Å². The summed E-state index contributed by atoms with van der Waals surface area (Å²) >= 11 is 0. The second kappa shape index (κ2) is 8.39. The molecule has 1 aliphatic heterocycles. The topological polar surface area (TPSA) is 80.5 Å². The van der Waals surface area contributed by atoms with Crippen LogP contribution in [-0.4, -0.2) is 35.8 Å². The number of halogens is 3. The van der Waals surface area contributed by atoms with Gasteiger partial charge in [-0.15, -0.1) is 0 Å². The third-order valence-electron chi connectivity index (χ3n) is 9.36. The molecule has 3 atom stereocenters. The van der Waals surface area contributed by atoms with E-state index in [0.717, 1.165) is 18.6 Å². The first kappa shape index (κ1) is 25.6. The van der Waals surface area contributed by atoms with Gasteiger partial charge in [-0.1, -0.05) is 32.0 Å². The van der Waals surface area contributed by atoms with Crippen LogP contribution in [-0.2, 0) is 21.0 Å². The fraction of sp³-hybridized carbons (Fsp3) is 0.500. The molecule has 202 valence electrons. The fourth-order valence-electron chi connectivity index (χ4n) is 6.94. The molecule has 2 aromatic carbocycles. The Morgan fingerprint density at radius 1 is 1.08 bits per heavy atom. The molecule has 10 heteroatoms. The standard InChI is InChI=1S/C28H29F3N2O4S/c1-26(2)20-11-12-27(26,24(34)15-20)16-38(35,36)33-13-3-4-22(33)25-32-21-14-18(7-10-23(21)37-25)17-5-8-19(9-6-17)28(29,30)31/h5-10,14,20,22H,3-4,11-13,15-16H2,1-2H3/t20-,22+,27-/m0/s1. The van der Waals surface area contributed by atoms with E-state index in [4.69, 9.17) is 4.42 Å². The van der Waals surface area contributed by atoms with Crippen LogP contribution in [0.15, 0.2) is 46.9 Å². The zero-order valence-corrected chi connectivity index (χ0v) is 22.0. The molecular weight excluding hydrogens is 517 g/mol. The molecule has 1 aromatic heterocycles. The van der Waals surface area contributed by atoms with Crippen molar-refractivity contribution in [1.29, 1.82) is 0 Å². The molecule has 38 heavy (non-hydrogen) atoms. The summed E-state index contributed by atoms with van der Waals surface area (Å²) in [4.78, 5) is 17.6. The Balaban J connectivity index is 1.28. The number of carbonyl (C=O) groups excluding carboxylic acids is 1. The average Bonchev–Trinajstić information content (AvgIpc) is 3.59. The first-order chi connectivity index (χ1) is 17.8. The Morgan fingerprint density at radius 2 is 1.79 bits per heavy atom. The van der Waals surface area contributed by atoms with Crippen molar-refractivity contribution < 1.29 is 30.8 Å². The molecule has 0 amide bonds. The maximum atomic E-state index is 13.8. The number of oxazole rings is 1. The van der Waals surface area contributed by atoms with Crippen LogP contribution in [0.5, 0.6) is 0 Å². The van der Waals surface area contributed by atoms with E-state index in [1.807, 2.05) is 13.8 Å². The summed E-state index contributed by atoms with van der Waals surface area (Å²) in [5.74, 6) is 0.410. The van der Waals surface area contributed by atoms with Crippen LogP contribution in [0.3, 0.4) is 0 Å². The van der Waals surface area contributed by atoms with Crippen LogP contribution in [0.4, 0.5) is 13.2 Å². The summed E-state index contributed by atoms with van der Waals surface area (Å²) in [7, 11) is -3.77. The van der Waals surface area contributed by atoms with Crippen molar-refractivity contribution in [2.24, 2.45) is 16.7 Å². The zero-order chi connectivity index (χ0) is 27.1. The molecule has 2 saturated carbocycles. The van der Waals surface area contributed by atoms with Gasteiger partial charge in [0.2, 0.25) is 15.9 Å². The molecule has 0 radical (unpaired) electrons. The number of Topliss-reactive ketones (excluding diaryl/α,β-unsaturated/α-hetero) is 1. The number of hydrogen-bond donors (Lipinski definition) is 0.